The van der Waals surface area contributed by atoms with Crippen LogP contribution in [0.4, 0.5) is 0 Å². The van der Waals surface area contributed by atoms with Crippen LogP contribution in [0.25, 0.3) is 0 Å². The second kappa shape index (κ2) is 2.62. The summed E-state index contributed by atoms with van der Waals surface area (Å²) in [5, 5.41) is 0. The molecule has 0 N–H and O–H groups in total. The summed E-state index contributed by atoms with van der Waals surface area (Å²) in [5.41, 5.74) is 1.17. The van der Waals surface area contributed by atoms with Crippen molar-refractivity contribution in [1.29, 1.82) is 0 Å². The van der Waals surface area contributed by atoms with Gasteiger partial charge in [0.15, 0.2) is 5.78 Å². The van der Waals surface area contributed by atoms with Gasteiger partial charge >= 0.3 is 0 Å². The molecule has 0 fully saturated rings. The van der Waals surface area contributed by atoms with Gasteiger partial charge < -0.3 is 0 Å². The van der Waals surface area contributed by atoms with E-state index in [1.807, 2.05) is 19.1 Å². The van der Waals surface area contributed by atoms with Gasteiger partial charge in [-0.05, 0) is 25.0 Å². The van der Waals surface area contributed by atoms with Crippen LogP contribution in [0.2, 0.25) is 0 Å². The Balaban J connectivity index is 2.62. The molecule has 0 aromatic rings. The molecule has 1 rings (SSSR count). The molecule has 0 saturated heterocycles. The largest absolute Gasteiger partial charge is 0.295 e. The SMILES string of the molecule is C/C=C\C1=CC(=O)CC1. The summed E-state index contributed by atoms with van der Waals surface area (Å²) in [5.74, 6) is 0.267. The maximum absolute atomic E-state index is 10.6. The molecule has 0 aliphatic heterocycles. The van der Waals surface area contributed by atoms with E-state index < -0.39 is 0 Å². The van der Waals surface area contributed by atoms with Gasteiger partial charge in [-0.25, -0.2) is 0 Å². The van der Waals surface area contributed by atoms with E-state index >= 15 is 0 Å². The molecule has 0 aromatic heterocycles. The standard InChI is InChI=1S/C8H10O/c1-2-3-7-4-5-8(9)6-7/h2-3,6H,4-5H2,1H3/b3-2-. The van der Waals surface area contributed by atoms with E-state index in [4.69, 9.17) is 0 Å². The van der Waals surface area contributed by atoms with Crippen LogP contribution < -0.4 is 0 Å². The van der Waals surface area contributed by atoms with Gasteiger partial charge in [-0.15, -0.1) is 0 Å². The predicted molar refractivity (Wildman–Crippen MR) is 37.1 cm³/mol. The van der Waals surface area contributed by atoms with Crippen LogP contribution in [0, 0.1) is 0 Å². The smallest absolute Gasteiger partial charge is 0.156 e. The summed E-state index contributed by atoms with van der Waals surface area (Å²) in [7, 11) is 0. The number of hydrogen-bond donors (Lipinski definition) is 0. The van der Waals surface area contributed by atoms with Crippen molar-refractivity contribution in [3.8, 4) is 0 Å². The lowest BCUT2D eigenvalue weighted by atomic mass is 10.2. The number of hydrogen-bond acceptors (Lipinski definition) is 1. The summed E-state index contributed by atoms with van der Waals surface area (Å²) in [6.45, 7) is 1.96. The van der Waals surface area contributed by atoms with Gasteiger partial charge in [-0.3, -0.25) is 4.79 Å². The fourth-order valence-corrected chi connectivity index (χ4v) is 0.964. The lowest BCUT2D eigenvalue weighted by molar-refractivity contribution is -0.114. The van der Waals surface area contributed by atoms with Crippen molar-refractivity contribution in [1.82, 2.24) is 0 Å². The lowest BCUT2D eigenvalue weighted by Gasteiger charge is -1.84. The Hall–Kier alpha value is -0.850. The number of allylic oxidation sites excluding steroid dienone is 4. The van der Waals surface area contributed by atoms with Gasteiger partial charge in [-0.1, -0.05) is 12.2 Å². The molecular formula is C8H10O. The first-order chi connectivity index (χ1) is 4.33. The molecule has 9 heavy (non-hydrogen) atoms. The average Bonchev–Trinajstić information content (AvgIpc) is 2.17. The van der Waals surface area contributed by atoms with Gasteiger partial charge in [0.2, 0.25) is 0 Å². The van der Waals surface area contributed by atoms with E-state index in [0.29, 0.717) is 6.42 Å². The minimum absolute atomic E-state index is 0.267. The third-order valence-electron chi connectivity index (χ3n) is 1.39. The van der Waals surface area contributed by atoms with Crippen molar-refractivity contribution in [2.45, 2.75) is 19.8 Å². The van der Waals surface area contributed by atoms with Crippen LogP contribution in [0.1, 0.15) is 19.8 Å². The Kier molecular flexibility index (Phi) is 1.83. The molecule has 1 aliphatic carbocycles. The number of carbonyl (C=O) groups is 1. The zero-order valence-corrected chi connectivity index (χ0v) is 5.55. The Morgan fingerprint density at radius 1 is 1.56 bits per heavy atom. The van der Waals surface area contributed by atoms with Crippen molar-refractivity contribution in [2.24, 2.45) is 0 Å². The van der Waals surface area contributed by atoms with E-state index in [2.05, 4.69) is 0 Å². The lowest BCUT2D eigenvalue weighted by Crippen LogP contribution is -1.80. The van der Waals surface area contributed by atoms with Crippen LogP contribution in [0.5, 0.6) is 0 Å². The highest BCUT2D eigenvalue weighted by Crippen LogP contribution is 2.15. The van der Waals surface area contributed by atoms with Crippen molar-refractivity contribution in [3.63, 3.8) is 0 Å². The summed E-state index contributed by atoms with van der Waals surface area (Å²) < 4.78 is 0. The summed E-state index contributed by atoms with van der Waals surface area (Å²) in [6, 6.07) is 0. The van der Waals surface area contributed by atoms with Crippen molar-refractivity contribution in [2.75, 3.05) is 0 Å². The highest BCUT2D eigenvalue weighted by atomic mass is 16.1. The van der Waals surface area contributed by atoms with Crippen LogP contribution in [-0.4, -0.2) is 5.78 Å². The average molecular weight is 122 g/mol. The Labute approximate surface area is 55.1 Å². The molecule has 1 aliphatic rings. The summed E-state index contributed by atoms with van der Waals surface area (Å²) >= 11 is 0. The Morgan fingerprint density at radius 3 is 2.78 bits per heavy atom. The second-order valence-corrected chi connectivity index (χ2v) is 2.19. The van der Waals surface area contributed by atoms with Gasteiger partial charge in [0, 0.05) is 6.42 Å². The van der Waals surface area contributed by atoms with Gasteiger partial charge in [0.1, 0.15) is 0 Å². The Morgan fingerprint density at radius 2 is 2.33 bits per heavy atom. The van der Waals surface area contributed by atoms with Crippen molar-refractivity contribution in [3.05, 3.63) is 23.8 Å². The third kappa shape index (κ3) is 1.53. The first-order valence-electron chi connectivity index (χ1n) is 3.19. The van der Waals surface area contributed by atoms with Crippen LogP contribution in [0.3, 0.4) is 0 Å². The number of ketones is 1. The highest BCUT2D eigenvalue weighted by molar-refractivity contribution is 5.93. The molecular weight excluding hydrogens is 112 g/mol. The first-order valence-corrected chi connectivity index (χ1v) is 3.19. The zero-order valence-electron chi connectivity index (χ0n) is 5.55. The fraction of sp³-hybridized carbons (Fsp3) is 0.375. The minimum Gasteiger partial charge on any atom is -0.295 e. The van der Waals surface area contributed by atoms with Crippen molar-refractivity contribution < 1.29 is 4.79 Å². The maximum atomic E-state index is 10.6. The Bertz CT molecular complexity index is 175. The molecule has 0 bridgehead atoms. The van der Waals surface area contributed by atoms with Crippen LogP contribution >= 0.6 is 0 Å². The predicted octanol–water partition coefficient (Wildman–Crippen LogP) is 1.85. The molecule has 0 spiro atoms. The van der Waals surface area contributed by atoms with Gasteiger partial charge in [-0.2, -0.15) is 0 Å². The van der Waals surface area contributed by atoms with Crippen LogP contribution in [0.15, 0.2) is 23.8 Å². The topological polar surface area (TPSA) is 17.1 Å². The van der Waals surface area contributed by atoms with E-state index in [0.717, 1.165) is 6.42 Å². The maximum Gasteiger partial charge on any atom is 0.156 e. The molecule has 0 heterocycles. The second-order valence-electron chi connectivity index (χ2n) is 2.19. The summed E-state index contributed by atoms with van der Waals surface area (Å²) in [4.78, 5) is 10.6. The molecule has 0 saturated carbocycles. The quantitative estimate of drug-likeness (QED) is 0.518. The summed E-state index contributed by atoms with van der Waals surface area (Å²) in [6.07, 6.45) is 7.32. The first kappa shape index (κ1) is 6.27. The normalized spacial score (nSPS) is 19.2. The molecule has 0 atom stereocenters. The van der Waals surface area contributed by atoms with Gasteiger partial charge in [0.05, 0.1) is 0 Å². The molecule has 0 amide bonds. The number of rotatable bonds is 1. The van der Waals surface area contributed by atoms with E-state index in [1.54, 1.807) is 6.08 Å². The zero-order chi connectivity index (χ0) is 6.69. The number of carbonyl (C=O) groups excluding carboxylic acids is 1. The van der Waals surface area contributed by atoms with E-state index in [-0.39, 0.29) is 5.78 Å². The van der Waals surface area contributed by atoms with Crippen LogP contribution in [-0.2, 0) is 4.79 Å². The highest BCUT2D eigenvalue weighted by Gasteiger charge is 2.07. The monoisotopic (exact) mass is 122 g/mol. The van der Waals surface area contributed by atoms with E-state index in [9.17, 15) is 4.79 Å². The molecule has 0 aromatic carbocycles. The third-order valence-corrected chi connectivity index (χ3v) is 1.39. The molecule has 1 heteroatoms. The molecule has 1 nitrogen and oxygen atoms in total. The molecule has 0 unspecified atom stereocenters. The van der Waals surface area contributed by atoms with Gasteiger partial charge in [0.25, 0.3) is 0 Å². The van der Waals surface area contributed by atoms with Crippen molar-refractivity contribution >= 4 is 5.78 Å². The molecule has 48 valence electrons. The minimum atomic E-state index is 0.267. The fourth-order valence-electron chi connectivity index (χ4n) is 0.964. The van der Waals surface area contributed by atoms with E-state index in [1.165, 1.54) is 5.57 Å². The molecule has 0 radical (unpaired) electrons.